The summed E-state index contributed by atoms with van der Waals surface area (Å²) in [5.74, 6) is -1.52. The van der Waals surface area contributed by atoms with Crippen LogP contribution >= 0.6 is 11.6 Å². The number of fused-ring (bicyclic) bond motifs is 1. The Labute approximate surface area is 133 Å². The first-order chi connectivity index (χ1) is 10.7. The molecule has 0 aliphatic carbocycles. The second kappa shape index (κ2) is 5.06. The van der Waals surface area contributed by atoms with E-state index in [1.165, 1.54) is 19.1 Å². The fourth-order valence-electron chi connectivity index (χ4n) is 2.47. The molecule has 4 nitrogen and oxygen atoms in total. The highest BCUT2D eigenvalue weighted by Gasteiger charge is 2.40. The van der Waals surface area contributed by atoms with Gasteiger partial charge in [0.2, 0.25) is 0 Å². The first-order valence-electron chi connectivity index (χ1n) is 6.44. The third-order valence-electron chi connectivity index (χ3n) is 3.47. The van der Waals surface area contributed by atoms with Crippen molar-refractivity contribution in [3.05, 3.63) is 57.7 Å². The normalized spacial score (nSPS) is 14.4. The van der Waals surface area contributed by atoms with Crippen molar-refractivity contribution in [2.24, 2.45) is 0 Å². The average Bonchev–Trinajstić information content (AvgIpc) is 2.69. The van der Waals surface area contributed by atoms with Crippen molar-refractivity contribution >= 4 is 29.2 Å². The maximum absolute atomic E-state index is 12.9. The molecule has 0 spiro atoms. The number of benzene rings is 1. The van der Waals surface area contributed by atoms with Gasteiger partial charge in [-0.05, 0) is 30.7 Å². The van der Waals surface area contributed by atoms with Crippen LogP contribution in [0.5, 0.6) is 0 Å². The molecule has 0 N–H and O–H groups in total. The Morgan fingerprint density at radius 2 is 1.61 bits per heavy atom. The highest BCUT2D eigenvalue weighted by Crippen LogP contribution is 2.38. The van der Waals surface area contributed by atoms with Crippen molar-refractivity contribution in [1.29, 1.82) is 0 Å². The van der Waals surface area contributed by atoms with Crippen molar-refractivity contribution in [2.75, 3.05) is 4.90 Å². The van der Waals surface area contributed by atoms with Crippen LogP contribution in [0.15, 0.2) is 30.3 Å². The van der Waals surface area contributed by atoms with E-state index in [4.69, 9.17) is 11.6 Å². The number of imide groups is 1. The van der Waals surface area contributed by atoms with Gasteiger partial charge < -0.3 is 0 Å². The number of alkyl halides is 3. The number of aromatic nitrogens is 1. The summed E-state index contributed by atoms with van der Waals surface area (Å²) in [5, 5.41) is -0.802. The lowest BCUT2D eigenvalue weighted by Gasteiger charge is -2.17. The summed E-state index contributed by atoms with van der Waals surface area (Å²) >= 11 is 5.62. The molecule has 1 aromatic carbocycles. The highest BCUT2D eigenvalue weighted by atomic mass is 35.5. The van der Waals surface area contributed by atoms with Crippen LogP contribution < -0.4 is 4.90 Å². The number of nitrogens with zero attached hydrogens (tertiary/aromatic N) is 2. The Hall–Kier alpha value is -2.41. The molecule has 23 heavy (non-hydrogen) atoms. The number of hydrogen-bond donors (Lipinski definition) is 0. The van der Waals surface area contributed by atoms with Gasteiger partial charge in [0.15, 0.2) is 0 Å². The number of hydrogen-bond acceptors (Lipinski definition) is 3. The Balaban J connectivity index is 2.12. The van der Waals surface area contributed by atoms with Crippen LogP contribution in [-0.2, 0) is 6.18 Å². The Morgan fingerprint density at radius 1 is 1.09 bits per heavy atom. The minimum absolute atomic E-state index is 0.174. The van der Waals surface area contributed by atoms with Gasteiger partial charge in [-0.15, -0.1) is 0 Å². The van der Waals surface area contributed by atoms with Crippen molar-refractivity contribution < 1.29 is 22.8 Å². The number of carbonyl (C=O) groups is 2. The van der Waals surface area contributed by atoms with Gasteiger partial charge in [0.25, 0.3) is 11.8 Å². The number of aryl methyl sites for hydroxylation is 1. The van der Waals surface area contributed by atoms with E-state index in [1.54, 1.807) is 12.1 Å². The topological polar surface area (TPSA) is 50.3 Å². The zero-order valence-corrected chi connectivity index (χ0v) is 12.4. The first-order valence-corrected chi connectivity index (χ1v) is 6.81. The Kier molecular flexibility index (Phi) is 3.40. The van der Waals surface area contributed by atoms with Crippen molar-refractivity contribution in [3.63, 3.8) is 0 Å². The average molecular weight is 341 g/mol. The zero-order chi connectivity index (χ0) is 16.9. The number of amides is 2. The largest absolute Gasteiger partial charge is 0.419 e. The van der Waals surface area contributed by atoms with E-state index in [2.05, 4.69) is 4.98 Å². The minimum atomic E-state index is -4.67. The van der Waals surface area contributed by atoms with Gasteiger partial charge in [0, 0.05) is 0 Å². The number of anilines is 1. The molecule has 0 saturated carbocycles. The monoisotopic (exact) mass is 340 g/mol. The quantitative estimate of drug-likeness (QED) is 0.585. The van der Waals surface area contributed by atoms with Crippen molar-refractivity contribution in [1.82, 2.24) is 4.98 Å². The third kappa shape index (κ3) is 2.37. The van der Waals surface area contributed by atoms with Crippen LogP contribution in [0.4, 0.5) is 19.0 Å². The van der Waals surface area contributed by atoms with E-state index in [-0.39, 0.29) is 22.5 Å². The summed E-state index contributed by atoms with van der Waals surface area (Å²) in [5.41, 5.74) is -0.954. The molecule has 0 unspecified atom stereocenters. The van der Waals surface area contributed by atoms with Crippen LogP contribution in [0.2, 0.25) is 5.15 Å². The molecule has 3 rings (SSSR count). The molecule has 0 atom stereocenters. The summed E-state index contributed by atoms with van der Waals surface area (Å²) in [7, 11) is 0. The lowest BCUT2D eigenvalue weighted by atomic mass is 10.1. The third-order valence-corrected chi connectivity index (χ3v) is 3.74. The molecular weight excluding hydrogens is 333 g/mol. The maximum Gasteiger partial charge on any atom is 0.419 e. The van der Waals surface area contributed by atoms with Crippen LogP contribution in [0.25, 0.3) is 0 Å². The lowest BCUT2D eigenvalue weighted by Crippen LogP contribution is -2.30. The summed E-state index contributed by atoms with van der Waals surface area (Å²) in [6.07, 6.45) is -4.67. The molecule has 1 aliphatic rings. The predicted octanol–water partition coefficient (Wildman–Crippen LogP) is 3.86. The molecule has 0 fully saturated rings. The number of pyridine rings is 1. The van der Waals surface area contributed by atoms with Gasteiger partial charge in [0.1, 0.15) is 11.0 Å². The summed E-state index contributed by atoms with van der Waals surface area (Å²) < 4.78 is 38.7. The van der Waals surface area contributed by atoms with Crippen LogP contribution in [0.1, 0.15) is 31.8 Å². The number of rotatable bonds is 1. The molecule has 2 heterocycles. The highest BCUT2D eigenvalue weighted by molar-refractivity contribution is 6.34. The second-order valence-corrected chi connectivity index (χ2v) is 5.31. The standard InChI is InChI=1S/C15H8ClF3N2O2/c1-7-6-10(20-12(16)11(7)15(17,18)19)21-13(22)8-4-2-3-5-9(8)14(21)23/h2-6H,1H3. The van der Waals surface area contributed by atoms with Gasteiger partial charge in [-0.1, -0.05) is 23.7 Å². The van der Waals surface area contributed by atoms with E-state index in [1.807, 2.05) is 0 Å². The Bertz CT molecular complexity index is 791. The molecule has 1 aliphatic heterocycles. The summed E-state index contributed by atoms with van der Waals surface area (Å²) in [6.45, 7) is 1.19. The number of halogens is 4. The maximum atomic E-state index is 12.9. The molecule has 0 radical (unpaired) electrons. The fourth-order valence-corrected chi connectivity index (χ4v) is 2.81. The zero-order valence-electron chi connectivity index (χ0n) is 11.6. The van der Waals surface area contributed by atoms with Gasteiger partial charge in [-0.3, -0.25) is 9.59 Å². The molecule has 2 aromatic rings. The summed E-state index contributed by atoms with van der Waals surface area (Å²) in [6, 6.07) is 7.14. The molecule has 0 bridgehead atoms. The van der Waals surface area contributed by atoms with E-state index in [0.29, 0.717) is 0 Å². The van der Waals surface area contributed by atoms with Gasteiger partial charge in [-0.25, -0.2) is 9.88 Å². The van der Waals surface area contributed by atoms with Gasteiger partial charge >= 0.3 is 6.18 Å². The first kappa shape index (κ1) is 15.5. The van der Waals surface area contributed by atoms with Gasteiger partial charge in [0.05, 0.1) is 16.7 Å². The minimum Gasteiger partial charge on any atom is -0.268 e. The van der Waals surface area contributed by atoms with E-state index in [9.17, 15) is 22.8 Å². The SMILES string of the molecule is Cc1cc(N2C(=O)c3ccccc3C2=O)nc(Cl)c1C(F)(F)F. The van der Waals surface area contributed by atoms with Crippen molar-refractivity contribution in [2.45, 2.75) is 13.1 Å². The smallest absolute Gasteiger partial charge is 0.268 e. The van der Waals surface area contributed by atoms with E-state index >= 15 is 0 Å². The summed E-state index contributed by atoms with van der Waals surface area (Å²) in [4.78, 5) is 28.9. The molecule has 8 heteroatoms. The fraction of sp³-hybridized carbons (Fsp3) is 0.133. The van der Waals surface area contributed by atoms with Crippen LogP contribution in [0.3, 0.4) is 0 Å². The molecule has 2 amide bonds. The Morgan fingerprint density at radius 3 is 2.04 bits per heavy atom. The van der Waals surface area contributed by atoms with Crippen molar-refractivity contribution in [3.8, 4) is 0 Å². The van der Waals surface area contributed by atoms with E-state index < -0.39 is 28.7 Å². The van der Waals surface area contributed by atoms with Crippen LogP contribution in [-0.4, -0.2) is 16.8 Å². The predicted molar refractivity (Wildman–Crippen MR) is 76.6 cm³/mol. The van der Waals surface area contributed by atoms with Gasteiger partial charge in [-0.2, -0.15) is 13.2 Å². The van der Waals surface area contributed by atoms with Crippen LogP contribution in [0, 0.1) is 6.92 Å². The molecular formula is C15H8ClF3N2O2. The molecule has 118 valence electrons. The van der Waals surface area contributed by atoms with E-state index in [0.717, 1.165) is 11.0 Å². The second-order valence-electron chi connectivity index (χ2n) is 4.95. The molecule has 1 aromatic heterocycles. The lowest BCUT2D eigenvalue weighted by molar-refractivity contribution is -0.138. The number of carbonyl (C=O) groups excluding carboxylic acids is 2. The molecule has 0 saturated heterocycles.